The summed E-state index contributed by atoms with van der Waals surface area (Å²) in [5.74, 6) is -0.539. The van der Waals surface area contributed by atoms with Crippen molar-refractivity contribution in [3.05, 3.63) is 29.3 Å². The number of carbonyl (C=O) groups excluding carboxylic acids is 1. The Labute approximate surface area is 77.8 Å². The van der Waals surface area contributed by atoms with Gasteiger partial charge in [-0.3, -0.25) is 15.0 Å². The van der Waals surface area contributed by atoms with Crippen LogP contribution in [0.25, 0.3) is 10.2 Å². The molecule has 2 N–H and O–H groups in total. The van der Waals surface area contributed by atoms with Gasteiger partial charge in [-0.1, -0.05) is 0 Å². The third-order valence-electron chi connectivity index (χ3n) is 1.67. The van der Waals surface area contributed by atoms with Gasteiger partial charge in [0.25, 0.3) is 5.91 Å². The summed E-state index contributed by atoms with van der Waals surface area (Å²) in [5, 5.41) is 10.3. The molecule has 0 atom stereocenters. The fourth-order valence-electron chi connectivity index (χ4n) is 1.04. The van der Waals surface area contributed by atoms with Crippen LogP contribution >= 0.6 is 11.3 Å². The molecule has 0 aliphatic rings. The Kier molecular flexibility index (Phi) is 1.96. The summed E-state index contributed by atoms with van der Waals surface area (Å²) < 4.78 is 0.932. The van der Waals surface area contributed by atoms with Crippen molar-refractivity contribution in [2.45, 2.75) is 0 Å². The minimum Gasteiger partial charge on any atom is -0.288 e. The molecule has 0 aromatic carbocycles. The normalized spacial score (nSPS) is 10.2. The molecular weight excluding hydrogens is 188 g/mol. The third kappa shape index (κ3) is 1.39. The number of amides is 1. The molecule has 2 rings (SSSR count). The van der Waals surface area contributed by atoms with Gasteiger partial charge in [-0.2, -0.15) is 0 Å². The van der Waals surface area contributed by atoms with Gasteiger partial charge in [-0.15, -0.1) is 11.3 Å². The van der Waals surface area contributed by atoms with Crippen molar-refractivity contribution in [2.75, 3.05) is 0 Å². The van der Waals surface area contributed by atoms with E-state index in [1.807, 2.05) is 11.4 Å². The van der Waals surface area contributed by atoms with Gasteiger partial charge < -0.3 is 0 Å². The van der Waals surface area contributed by atoms with Gasteiger partial charge in [0, 0.05) is 6.20 Å². The number of pyridine rings is 1. The average Bonchev–Trinajstić information content (AvgIpc) is 2.63. The lowest BCUT2D eigenvalue weighted by atomic mass is 10.2. The molecule has 1 amide bonds. The maximum atomic E-state index is 11.0. The molecule has 0 aliphatic carbocycles. The topological polar surface area (TPSA) is 62.2 Å². The van der Waals surface area contributed by atoms with E-state index in [2.05, 4.69) is 4.98 Å². The van der Waals surface area contributed by atoms with Crippen molar-refractivity contribution in [1.82, 2.24) is 10.5 Å². The lowest BCUT2D eigenvalue weighted by Gasteiger charge is -1.96. The molecule has 2 aromatic rings. The van der Waals surface area contributed by atoms with Crippen molar-refractivity contribution in [1.29, 1.82) is 0 Å². The average molecular weight is 194 g/mol. The standard InChI is InChI=1S/C8H6N2O2S/c11-8(10-12)5-3-7-6(9-4-5)1-2-13-7/h1-4,12H,(H,10,11). The van der Waals surface area contributed by atoms with Crippen LogP contribution in [-0.4, -0.2) is 16.1 Å². The Morgan fingerprint density at radius 1 is 1.62 bits per heavy atom. The first-order valence-electron chi connectivity index (χ1n) is 3.59. The summed E-state index contributed by atoms with van der Waals surface area (Å²) in [6.07, 6.45) is 1.43. The highest BCUT2D eigenvalue weighted by atomic mass is 32.1. The first-order chi connectivity index (χ1) is 6.31. The number of hydroxylamine groups is 1. The second-order valence-electron chi connectivity index (χ2n) is 2.47. The number of fused-ring (bicyclic) bond motifs is 1. The van der Waals surface area contributed by atoms with E-state index in [0.717, 1.165) is 10.2 Å². The van der Waals surface area contributed by atoms with Crippen LogP contribution in [0.15, 0.2) is 23.7 Å². The molecule has 0 unspecified atom stereocenters. The zero-order chi connectivity index (χ0) is 9.26. The van der Waals surface area contributed by atoms with Crippen molar-refractivity contribution >= 4 is 27.5 Å². The highest BCUT2D eigenvalue weighted by Crippen LogP contribution is 2.19. The predicted octanol–water partition coefficient (Wildman–Crippen LogP) is 1.42. The number of nitrogens with one attached hydrogen (secondary N) is 1. The third-order valence-corrected chi connectivity index (χ3v) is 2.52. The lowest BCUT2D eigenvalue weighted by molar-refractivity contribution is 0.0706. The van der Waals surface area contributed by atoms with Gasteiger partial charge in [-0.25, -0.2) is 5.48 Å². The first-order valence-corrected chi connectivity index (χ1v) is 4.47. The lowest BCUT2D eigenvalue weighted by Crippen LogP contribution is -2.18. The summed E-state index contributed by atoms with van der Waals surface area (Å²) in [6, 6.07) is 3.57. The molecular formula is C8H6N2O2S. The molecule has 2 heterocycles. The molecule has 0 saturated carbocycles. The number of nitrogens with zero attached hydrogens (tertiary/aromatic N) is 1. The molecule has 5 heteroatoms. The van der Waals surface area contributed by atoms with E-state index in [1.165, 1.54) is 17.5 Å². The second-order valence-corrected chi connectivity index (χ2v) is 3.42. The van der Waals surface area contributed by atoms with Crippen LogP contribution < -0.4 is 5.48 Å². The van der Waals surface area contributed by atoms with Gasteiger partial charge in [0.2, 0.25) is 0 Å². The van der Waals surface area contributed by atoms with Crippen LogP contribution in [0.4, 0.5) is 0 Å². The van der Waals surface area contributed by atoms with E-state index in [4.69, 9.17) is 5.21 Å². The minimum atomic E-state index is -0.539. The number of aromatic nitrogens is 1. The number of carbonyl (C=O) groups is 1. The zero-order valence-corrected chi connectivity index (χ0v) is 7.34. The van der Waals surface area contributed by atoms with E-state index >= 15 is 0 Å². The van der Waals surface area contributed by atoms with E-state index in [-0.39, 0.29) is 0 Å². The predicted molar refractivity (Wildman–Crippen MR) is 48.9 cm³/mol. The van der Waals surface area contributed by atoms with E-state index < -0.39 is 5.91 Å². The number of rotatable bonds is 1. The van der Waals surface area contributed by atoms with Crippen LogP contribution in [0.2, 0.25) is 0 Å². The maximum absolute atomic E-state index is 11.0. The summed E-state index contributed by atoms with van der Waals surface area (Å²) in [5.41, 5.74) is 2.78. The fraction of sp³-hybridized carbons (Fsp3) is 0. The van der Waals surface area contributed by atoms with E-state index in [0.29, 0.717) is 5.56 Å². The van der Waals surface area contributed by atoms with Crippen LogP contribution in [0.5, 0.6) is 0 Å². The maximum Gasteiger partial charge on any atom is 0.276 e. The minimum absolute atomic E-state index is 0.359. The van der Waals surface area contributed by atoms with Crippen molar-refractivity contribution < 1.29 is 10.0 Å². The summed E-state index contributed by atoms with van der Waals surface area (Å²) in [4.78, 5) is 15.0. The van der Waals surface area contributed by atoms with Crippen LogP contribution in [-0.2, 0) is 0 Å². The van der Waals surface area contributed by atoms with Crippen LogP contribution in [0.3, 0.4) is 0 Å². The Morgan fingerprint density at radius 3 is 3.23 bits per heavy atom. The van der Waals surface area contributed by atoms with Gasteiger partial charge in [0.15, 0.2) is 0 Å². The van der Waals surface area contributed by atoms with Gasteiger partial charge in [0.05, 0.1) is 15.8 Å². The van der Waals surface area contributed by atoms with E-state index in [9.17, 15) is 4.79 Å². The zero-order valence-electron chi connectivity index (χ0n) is 6.52. The molecule has 0 bridgehead atoms. The molecule has 0 fully saturated rings. The SMILES string of the molecule is O=C(NO)c1cnc2ccsc2c1. The van der Waals surface area contributed by atoms with Gasteiger partial charge in [-0.05, 0) is 17.5 Å². The highest BCUT2D eigenvalue weighted by molar-refractivity contribution is 7.17. The number of hydrogen-bond acceptors (Lipinski definition) is 4. The largest absolute Gasteiger partial charge is 0.288 e. The highest BCUT2D eigenvalue weighted by Gasteiger charge is 2.05. The molecule has 4 nitrogen and oxygen atoms in total. The summed E-state index contributed by atoms with van der Waals surface area (Å²) in [7, 11) is 0. The van der Waals surface area contributed by atoms with Gasteiger partial charge >= 0.3 is 0 Å². The quantitative estimate of drug-likeness (QED) is 0.533. The van der Waals surface area contributed by atoms with Crippen molar-refractivity contribution in [3.63, 3.8) is 0 Å². The monoisotopic (exact) mass is 194 g/mol. The Hall–Kier alpha value is -1.46. The smallest absolute Gasteiger partial charge is 0.276 e. The Morgan fingerprint density at radius 2 is 2.46 bits per heavy atom. The number of thiophene rings is 1. The van der Waals surface area contributed by atoms with Gasteiger partial charge in [0.1, 0.15) is 0 Å². The Balaban J connectivity index is 2.54. The Bertz CT molecular complexity index is 452. The van der Waals surface area contributed by atoms with Crippen LogP contribution in [0.1, 0.15) is 10.4 Å². The molecule has 66 valence electrons. The van der Waals surface area contributed by atoms with Crippen molar-refractivity contribution in [2.24, 2.45) is 0 Å². The second kappa shape index (κ2) is 3.12. The molecule has 0 radical (unpaired) electrons. The van der Waals surface area contributed by atoms with Crippen molar-refractivity contribution in [3.8, 4) is 0 Å². The molecule has 0 aliphatic heterocycles. The molecule has 13 heavy (non-hydrogen) atoms. The van der Waals surface area contributed by atoms with Crippen LogP contribution in [0, 0.1) is 0 Å². The van der Waals surface area contributed by atoms with E-state index in [1.54, 1.807) is 11.5 Å². The molecule has 0 spiro atoms. The molecule has 0 saturated heterocycles. The summed E-state index contributed by atoms with van der Waals surface area (Å²) >= 11 is 1.51. The number of hydrogen-bond donors (Lipinski definition) is 2. The first kappa shape index (κ1) is 8.15. The summed E-state index contributed by atoms with van der Waals surface area (Å²) in [6.45, 7) is 0. The fourth-order valence-corrected chi connectivity index (χ4v) is 1.82. The molecule has 2 aromatic heterocycles.